The number of esters is 2. The van der Waals surface area contributed by atoms with Crippen LogP contribution in [0.2, 0.25) is 0 Å². The number of carbonyl (C=O) groups is 2. The molecule has 0 spiro atoms. The molecule has 1 N–H and O–H groups in total. The van der Waals surface area contributed by atoms with Crippen molar-refractivity contribution in [2.45, 2.75) is 264 Å². The first kappa shape index (κ1) is 64.2. The van der Waals surface area contributed by atoms with E-state index in [9.17, 15) is 19.0 Å². The molecule has 0 amide bonds. The molecule has 0 rings (SSSR count). The number of ether oxygens (including phenoxy) is 2. The van der Waals surface area contributed by atoms with Gasteiger partial charge in [0.1, 0.15) is 19.8 Å². The number of nitrogens with zero attached hydrogens (tertiary/aromatic N) is 1. The average molecular weight is 953 g/mol. The van der Waals surface area contributed by atoms with Gasteiger partial charge in [0.25, 0.3) is 0 Å². The van der Waals surface area contributed by atoms with Crippen molar-refractivity contribution >= 4 is 19.8 Å². The molecule has 0 aliphatic rings. The second-order valence-electron chi connectivity index (χ2n) is 20.0. The summed E-state index contributed by atoms with van der Waals surface area (Å²) in [7, 11) is 1.48. The van der Waals surface area contributed by atoms with E-state index in [1.807, 2.05) is 21.1 Å². The van der Waals surface area contributed by atoms with Crippen LogP contribution >= 0.6 is 7.82 Å². The van der Waals surface area contributed by atoms with Crippen molar-refractivity contribution in [1.29, 1.82) is 0 Å². The summed E-state index contributed by atoms with van der Waals surface area (Å²) in [5.41, 5.74) is 0. The molecule has 2 atom stereocenters. The lowest BCUT2D eigenvalue weighted by molar-refractivity contribution is -0.870. The molecule has 66 heavy (non-hydrogen) atoms. The Morgan fingerprint density at radius 2 is 0.818 bits per heavy atom. The Balaban J connectivity index is 4.15. The Labute approximate surface area is 408 Å². The van der Waals surface area contributed by atoms with E-state index >= 15 is 0 Å². The molecular formula is C56H107NO8P+. The summed E-state index contributed by atoms with van der Waals surface area (Å²) in [6, 6.07) is 0. The number of hydrogen-bond donors (Lipinski definition) is 1. The third kappa shape index (κ3) is 51.6. The predicted molar refractivity (Wildman–Crippen MR) is 280 cm³/mol. The van der Waals surface area contributed by atoms with E-state index in [0.29, 0.717) is 17.4 Å². The summed E-state index contributed by atoms with van der Waals surface area (Å²) in [6.45, 7) is 4.43. The molecule has 0 aliphatic heterocycles. The van der Waals surface area contributed by atoms with Crippen LogP contribution in [0, 0.1) is 0 Å². The summed E-state index contributed by atoms with van der Waals surface area (Å²) in [6.07, 6.45) is 57.8. The van der Waals surface area contributed by atoms with E-state index in [-0.39, 0.29) is 32.0 Å². The maximum atomic E-state index is 12.8. The summed E-state index contributed by atoms with van der Waals surface area (Å²) < 4.78 is 34.5. The minimum absolute atomic E-state index is 0.0307. The Morgan fingerprint density at radius 3 is 1.24 bits per heavy atom. The summed E-state index contributed by atoms with van der Waals surface area (Å²) >= 11 is 0. The largest absolute Gasteiger partial charge is 0.472 e. The third-order valence-corrected chi connectivity index (χ3v) is 13.1. The van der Waals surface area contributed by atoms with E-state index < -0.39 is 26.5 Å². The van der Waals surface area contributed by atoms with Crippen molar-refractivity contribution < 1.29 is 42.1 Å². The smallest absolute Gasteiger partial charge is 0.462 e. The average Bonchev–Trinajstić information content (AvgIpc) is 3.27. The van der Waals surface area contributed by atoms with Gasteiger partial charge in [-0.15, -0.1) is 0 Å². The highest BCUT2D eigenvalue weighted by molar-refractivity contribution is 7.47. The van der Waals surface area contributed by atoms with Crippen LogP contribution in [0.3, 0.4) is 0 Å². The fourth-order valence-corrected chi connectivity index (χ4v) is 8.55. The van der Waals surface area contributed by atoms with Crippen LogP contribution in [0.25, 0.3) is 0 Å². The van der Waals surface area contributed by atoms with Crippen molar-refractivity contribution in [2.75, 3.05) is 47.5 Å². The molecule has 0 saturated carbocycles. The molecule has 10 heteroatoms. The van der Waals surface area contributed by atoms with Gasteiger partial charge < -0.3 is 18.9 Å². The topological polar surface area (TPSA) is 108 Å². The maximum absolute atomic E-state index is 12.8. The molecule has 0 aliphatic carbocycles. The minimum Gasteiger partial charge on any atom is -0.462 e. The van der Waals surface area contributed by atoms with Crippen molar-refractivity contribution in [2.24, 2.45) is 0 Å². The highest BCUT2D eigenvalue weighted by Gasteiger charge is 2.27. The van der Waals surface area contributed by atoms with Gasteiger partial charge in [-0.1, -0.05) is 211 Å². The van der Waals surface area contributed by atoms with Crippen molar-refractivity contribution in [1.82, 2.24) is 0 Å². The Morgan fingerprint density at radius 1 is 0.470 bits per heavy atom. The van der Waals surface area contributed by atoms with E-state index in [1.54, 1.807) is 0 Å². The molecular weight excluding hydrogens is 846 g/mol. The second kappa shape index (κ2) is 48.3. The van der Waals surface area contributed by atoms with Crippen LogP contribution in [0.1, 0.15) is 258 Å². The summed E-state index contributed by atoms with van der Waals surface area (Å²) in [5.74, 6) is -0.798. The van der Waals surface area contributed by atoms with E-state index in [1.165, 1.54) is 173 Å². The van der Waals surface area contributed by atoms with Crippen LogP contribution in [-0.2, 0) is 32.7 Å². The molecule has 2 unspecified atom stereocenters. The minimum atomic E-state index is -4.38. The molecule has 0 aromatic rings. The lowest BCUT2D eigenvalue weighted by Gasteiger charge is -2.24. The van der Waals surface area contributed by atoms with Crippen molar-refractivity contribution in [3.63, 3.8) is 0 Å². The number of phosphoric acid groups is 1. The molecule has 0 aromatic carbocycles. The Hall–Kier alpha value is -1.77. The first-order chi connectivity index (χ1) is 32.0. The lowest BCUT2D eigenvalue weighted by Crippen LogP contribution is -2.37. The molecule has 0 aromatic heterocycles. The van der Waals surface area contributed by atoms with Crippen LogP contribution < -0.4 is 0 Å². The fourth-order valence-electron chi connectivity index (χ4n) is 7.81. The van der Waals surface area contributed by atoms with E-state index in [2.05, 4.69) is 50.3 Å². The number of phosphoric ester groups is 1. The van der Waals surface area contributed by atoms with Crippen molar-refractivity contribution in [3.05, 3.63) is 36.5 Å². The number of hydrogen-bond acceptors (Lipinski definition) is 7. The zero-order valence-electron chi connectivity index (χ0n) is 43.9. The number of quaternary nitrogens is 1. The van der Waals surface area contributed by atoms with Gasteiger partial charge >= 0.3 is 19.8 Å². The van der Waals surface area contributed by atoms with Gasteiger partial charge in [-0.2, -0.15) is 0 Å². The number of likely N-dealkylation sites (N-methyl/N-ethyl adjacent to an activating group) is 1. The Bertz CT molecular complexity index is 1210. The van der Waals surface area contributed by atoms with Crippen molar-refractivity contribution in [3.8, 4) is 0 Å². The molecule has 9 nitrogen and oxygen atoms in total. The first-order valence-corrected chi connectivity index (χ1v) is 29.2. The standard InChI is InChI=1S/C56H106NO8P/c1-6-8-10-12-14-16-18-20-22-24-25-26-27-28-29-30-31-33-34-36-38-40-42-44-46-48-55(58)62-52-54(53-64-66(60,61)63-51-50-57(3,4)5)65-56(59)49-47-45-43-41-39-37-35-32-23-21-19-17-15-13-11-9-7-2/h15,17,21,23-25,54H,6-14,16,18-20,22,26-53H2,1-5H3/p+1/b17-15-,23-21-,25-24-. The van der Waals surface area contributed by atoms with Gasteiger partial charge in [-0.3, -0.25) is 18.6 Å². The number of unbranched alkanes of at least 4 members (excludes halogenated alkanes) is 31. The summed E-state index contributed by atoms with van der Waals surface area (Å²) in [5, 5.41) is 0. The SMILES string of the molecule is CCCCC/C=C\C/C=C\CCCCCCCCCC(=O)OC(COC(=O)CCCCCCCCCCCCCCC/C=C\CCCCCCCCCC)COP(=O)(O)OCC[N+](C)(C)C. The second-order valence-corrected chi connectivity index (χ2v) is 21.4. The molecule has 0 radical (unpaired) electrons. The Kier molecular flexibility index (Phi) is 47.0. The molecule has 0 bridgehead atoms. The molecule has 388 valence electrons. The van der Waals surface area contributed by atoms with Crippen LogP contribution in [0.4, 0.5) is 0 Å². The van der Waals surface area contributed by atoms with Gasteiger partial charge in [0.2, 0.25) is 0 Å². The zero-order valence-corrected chi connectivity index (χ0v) is 44.8. The predicted octanol–water partition coefficient (Wildman–Crippen LogP) is 16.8. The van der Waals surface area contributed by atoms with Crippen LogP contribution in [0.5, 0.6) is 0 Å². The molecule has 0 fully saturated rings. The zero-order chi connectivity index (χ0) is 48.5. The monoisotopic (exact) mass is 953 g/mol. The highest BCUT2D eigenvalue weighted by Crippen LogP contribution is 2.43. The number of carbonyl (C=O) groups excluding carboxylic acids is 2. The normalized spacial score (nSPS) is 13.6. The lowest BCUT2D eigenvalue weighted by atomic mass is 10.0. The highest BCUT2D eigenvalue weighted by atomic mass is 31.2. The van der Waals surface area contributed by atoms with Gasteiger partial charge in [0.15, 0.2) is 6.10 Å². The van der Waals surface area contributed by atoms with Gasteiger partial charge in [-0.25, -0.2) is 4.57 Å². The summed E-state index contributed by atoms with van der Waals surface area (Å²) in [4.78, 5) is 35.6. The van der Waals surface area contributed by atoms with Gasteiger partial charge in [0.05, 0.1) is 27.7 Å². The maximum Gasteiger partial charge on any atom is 0.472 e. The third-order valence-electron chi connectivity index (χ3n) is 12.1. The van der Waals surface area contributed by atoms with Crippen LogP contribution in [-0.4, -0.2) is 74.9 Å². The van der Waals surface area contributed by atoms with E-state index in [0.717, 1.165) is 51.4 Å². The van der Waals surface area contributed by atoms with E-state index in [4.69, 9.17) is 18.5 Å². The molecule has 0 heterocycles. The quantitative estimate of drug-likeness (QED) is 0.0211. The molecule has 0 saturated heterocycles. The number of allylic oxidation sites excluding steroid dienone is 6. The van der Waals surface area contributed by atoms with Gasteiger partial charge in [-0.05, 0) is 70.6 Å². The number of rotatable bonds is 51. The first-order valence-electron chi connectivity index (χ1n) is 27.7. The van der Waals surface area contributed by atoms with Gasteiger partial charge in [0, 0.05) is 12.8 Å². The van der Waals surface area contributed by atoms with Crippen LogP contribution in [0.15, 0.2) is 36.5 Å². The fraction of sp³-hybridized carbons (Fsp3) is 0.857.